The number of anilines is 1. The van der Waals surface area contributed by atoms with Gasteiger partial charge in [0.05, 0.1) is 6.20 Å². The van der Waals surface area contributed by atoms with Gasteiger partial charge in [0, 0.05) is 18.8 Å². The summed E-state index contributed by atoms with van der Waals surface area (Å²) in [6.45, 7) is 5.04. The molecule has 1 aromatic heterocycles. The van der Waals surface area contributed by atoms with Crippen molar-refractivity contribution in [2.75, 3.05) is 18.4 Å². The number of likely N-dealkylation sites (tertiary alicyclic amines) is 1. The minimum absolute atomic E-state index is 0.174. The fourth-order valence-corrected chi connectivity index (χ4v) is 2.67. The zero-order valence-corrected chi connectivity index (χ0v) is 11.5. The Kier molecular flexibility index (Phi) is 3.48. The summed E-state index contributed by atoms with van der Waals surface area (Å²) in [6.07, 6.45) is 2.95. The van der Waals surface area contributed by atoms with Crippen molar-refractivity contribution >= 4 is 17.4 Å². The van der Waals surface area contributed by atoms with Crippen molar-refractivity contribution < 1.29 is 13.6 Å². The average molecular weight is 294 g/mol. The summed E-state index contributed by atoms with van der Waals surface area (Å²) in [6, 6.07) is 0. The van der Waals surface area contributed by atoms with Crippen LogP contribution in [0.5, 0.6) is 0 Å². The highest BCUT2D eigenvalue weighted by atomic mass is 19.3. The first kappa shape index (κ1) is 13.8. The SMILES string of the molecule is C=C1C=C(C(F)F)n2ncc(C(=O)N3CCCCC3)c2N1. The lowest BCUT2D eigenvalue weighted by Crippen LogP contribution is -2.36. The number of rotatable bonds is 2. The second-order valence-corrected chi connectivity index (χ2v) is 5.19. The second-order valence-electron chi connectivity index (χ2n) is 5.19. The van der Waals surface area contributed by atoms with E-state index in [4.69, 9.17) is 0 Å². The van der Waals surface area contributed by atoms with E-state index in [9.17, 15) is 13.6 Å². The molecule has 0 saturated carbocycles. The molecule has 112 valence electrons. The van der Waals surface area contributed by atoms with Crippen LogP contribution >= 0.6 is 0 Å². The number of carbonyl (C=O) groups excluding carboxylic acids is 1. The van der Waals surface area contributed by atoms with Crippen LogP contribution in [0.2, 0.25) is 0 Å². The Morgan fingerprint density at radius 2 is 2.05 bits per heavy atom. The highest BCUT2D eigenvalue weighted by Gasteiger charge is 2.29. The summed E-state index contributed by atoms with van der Waals surface area (Å²) in [7, 11) is 0. The molecule has 5 nitrogen and oxygen atoms in total. The van der Waals surface area contributed by atoms with Crippen molar-refractivity contribution in [3.63, 3.8) is 0 Å². The number of alkyl halides is 2. The normalized spacial score (nSPS) is 18.3. The molecule has 1 fully saturated rings. The Labute approximate surface area is 120 Å². The van der Waals surface area contributed by atoms with Gasteiger partial charge in [0.15, 0.2) is 0 Å². The second kappa shape index (κ2) is 5.31. The molecule has 1 saturated heterocycles. The van der Waals surface area contributed by atoms with Gasteiger partial charge in [-0.1, -0.05) is 6.58 Å². The summed E-state index contributed by atoms with van der Waals surface area (Å²) >= 11 is 0. The van der Waals surface area contributed by atoms with Crippen molar-refractivity contribution in [3.8, 4) is 0 Å². The molecule has 0 atom stereocenters. The number of hydrogen-bond acceptors (Lipinski definition) is 3. The van der Waals surface area contributed by atoms with E-state index in [0.717, 1.165) is 23.9 Å². The molecule has 0 bridgehead atoms. The summed E-state index contributed by atoms with van der Waals surface area (Å²) in [5, 5.41) is 6.79. The maximum Gasteiger partial charge on any atom is 0.280 e. The smallest absolute Gasteiger partial charge is 0.280 e. The van der Waals surface area contributed by atoms with Gasteiger partial charge in [-0.25, -0.2) is 13.5 Å². The van der Waals surface area contributed by atoms with Gasteiger partial charge < -0.3 is 10.2 Å². The largest absolute Gasteiger partial charge is 0.340 e. The number of halogens is 2. The number of aromatic nitrogens is 2. The lowest BCUT2D eigenvalue weighted by molar-refractivity contribution is 0.0725. The molecule has 0 spiro atoms. The first-order chi connectivity index (χ1) is 10.1. The number of amides is 1. The van der Waals surface area contributed by atoms with Crippen molar-refractivity contribution in [2.45, 2.75) is 25.7 Å². The number of piperidine rings is 1. The van der Waals surface area contributed by atoms with E-state index in [-0.39, 0.29) is 17.4 Å². The molecule has 0 aliphatic carbocycles. The number of nitrogens with zero attached hydrogens (tertiary/aromatic N) is 3. The standard InChI is InChI=1S/C14H16F2N4O/c1-9-7-11(12(15)16)20-13(18-9)10(8-17-20)14(21)19-5-3-2-4-6-19/h7-8,12,18H,1-6H2. The van der Waals surface area contributed by atoms with E-state index in [1.807, 2.05) is 0 Å². The van der Waals surface area contributed by atoms with E-state index >= 15 is 0 Å². The molecular weight excluding hydrogens is 278 g/mol. The van der Waals surface area contributed by atoms with Crippen LogP contribution in [0.4, 0.5) is 14.6 Å². The van der Waals surface area contributed by atoms with E-state index in [0.29, 0.717) is 24.4 Å². The molecule has 3 rings (SSSR count). The van der Waals surface area contributed by atoms with Crippen molar-refractivity contribution in [1.29, 1.82) is 0 Å². The fourth-order valence-electron chi connectivity index (χ4n) is 2.67. The van der Waals surface area contributed by atoms with Crippen molar-refractivity contribution in [2.24, 2.45) is 0 Å². The third-order valence-corrected chi connectivity index (χ3v) is 3.71. The van der Waals surface area contributed by atoms with Crippen LogP contribution in [0.15, 0.2) is 24.5 Å². The molecule has 21 heavy (non-hydrogen) atoms. The fraction of sp³-hybridized carbons (Fsp3) is 0.429. The molecule has 2 aliphatic rings. The summed E-state index contributed by atoms with van der Waals surface area (Å²) in [5.74, 6) is 0.0974. The molecule has 7 heteroatoms. The third kappa shape index (κ3) is 2.43. The van der Waals surface area contributed by atoms with Crippen LogP contribution in [0.25, 0.3) is 5.70 Å². The van der Waals surface area contributed by atoms with Gasteiger partial charge in [0.25, 0.3) is 12.3 Å². The molecular formula is C14H16F2N4O. The first-order valence-electron chi connectivity index (χ1n) is 6.91. The van der Waals surface area contributed by atoms with Crippen LogP contribution < -0.4 is 5.32 Å². The van der Waals surface area contributed by atoms with Gasteiger partial charge >= 0.3 is 0 Å². The van der Waals surface area contributed by atoms with Crippen molar-refractivity contribution in [3.05, 3.63) is 30.1 Å². The van der Waals surface area contributed by atoms with E-state index in [2.05, 4.69) is 17.0 Å². The van der Waals surface area contributed by atoms with E-state index in [1.165, 1.54) is 12.3 Å². The topological polar surface area (TPSA) is 50.2 Å². The third-order valence-electron chi connectivity index (χ3n) is 3.71. The molecule has 2 aliphatic heterocycles. The molecule has 0 aromatic carbocycles. The van der Waals surface area contributed by atoms with Gasteiger partial charge in [-0.2, -0.15) is 5.10 Å². The maximum absolute atomic E-state index is 13.0. The highest BCUT2D eigenvalue weighted by Crippen LogP contribution is 2.30. The average Bonchev–Trinajstić information content (AvgIpc) is 2.90. The van der Waals surface area contributed by atoms with Crippen molar-refractivity contribution in [1.82, 2.24) is 14.7 Å². The number of fused-ring (bicyclic) bond motifs is 1. The minimum atomic E-state index is -2.68. The molecule has 0 radical (unpaired) electrons. The van der Waals surface area contributed by atoms with Crippen LogP contribution in [0, 0.1) is 0 Å². The van der Waals surface area contributed by atoms with E-state index in [1.54, 1.807) is 4.90 Å². The Morgan fingerprint density at radius 3 is 2.71 bits per heavy atom. The number of carbonyl (C=O) groups is 1. The van der Waals surface area contributed by atoms with Crippen LogP contribution in [-0.2, 0) is 0 Å². The van der Waals surface area contributed by atoms with Gasteiger partial charge in [-0.05, 0) is 25.3 Å². The van der Waals surface area contributed by atoms with Gasteiger partial charge in [-0.3, -0.25) is 4.79 Å². The van der Waals surface area contributed by atoms with Crippen LogP contribution in [0.1, 0.15) is 29.6 Å². The predicted octanol–water partition coefficient (Wildman–Crippen LogP) is 2.55. The molecule has 0 unspecified atom stereocenters. The Morgan fingerprint density at radius 1 is 1.33 bits per heavy atom. The monoisotopic (exact) mass is 294 g/mol. The van der Waals surface area contributed by atoms with Gasteiger partial charge in [-0.15, -0.1) is 0 Å². The summed E-state index contributed by atoms with van der Waals surface area (Å²) < 4.78 is 27.2. The Bertz CT molecular complexity index is 614. The zero-order valence-electron chi connectivity index (χ0n) is 11.5. The van der Waals surface area contributed by atoms with Gasteiger partial charge in [0.1, 0.15) is 17.1 Å². The van der Waals surface area contributed by atoms with Gasteiger partial charge in [0.2, 0.25) is 0 Å². The lowest BCUT2D eigenvalue weighted by atomic mass is 10.1. The number of nitrogens with one attached hydrogen (secondary N) is 1. The zero-order chi connectivity index (χ0) is 15.0. The number of hydrogen-bond donors (Lipinski definition) is 1. The molecule has 1 amide bonds. The maximum atomic E-state index is 13.0. The minimum Gasteiger partial charge on any atom is -0.340 e. The quantitative estimate of drug-likeness (QED) is 0.912. The van der Waals surface area contributed by atoms with E-state index < -0.39 is 6.43 Å². The summed E-state index contributed by atoms with van der Waals surface area (Å²) in [5.41, 5.74) is 0.363. The Hall–Kier alpha value is -2.18. The summed E-state index contributed by atoms with van der Waals surface area (Å²) in [4.78, 5) is 14.3. The highest BCUT2D eigenvalue weighted by molar-refractivity contribution is 6.00. The molecule has 3 heterocycles. The predicted molar refractivity (Wildman–Crippen MR) is 75.0 cm³/mol. The molecule has 1 N–H and O–H groups in total. The lowest BCUT2D eigenvalue weighted by Gasteiger charge is -2.27. The number of allylic oxidation sites excluding steroid dienone is 2. The molecule has 1 aromatic rings. The Balaban J connectivity index is 1.94. The first-order valence-corrected chi connectivity index (χ1v) is 6.91. The van der Waals surface area contributed by atoms with Crippen LogP contribution in [0.3, 0.4) is 0 Å². The van der Waals surface area contributed by atoms with Crippen LogP contribution in [-0.4, -0.2) is 40.1 Å².